The normalized spacial score (nSPS) is 10.3. The molecule has 0 unspecified atom stereocenters. The molecule has 1 aromatic rings. The largest absolute Gasteiger partial charge is 0.0837 e. The summed E-state index contributed by atoms with van der Waals surface area (Å²) in [7, 11) is 0. The van der Waals surface area contributed by atoms with Gasteiger partial charge in [-0.1, -0.05) is 34.8 Å². The van der Waals surface area contributed by atoms with Crippen LogP contribution in [0.15, 0.2) is 0 Å². The maximum absolute atomic E-state index is 5.88. The average Bonchev–Trinajstić information content (AvgIpc) is 1.97. The minimum absolute atomic E-state index is 0.436. The van der Waals surface area contributed by atoms with Gasteiger partial charge in [0.1, 0.15) is 0 Å². The zero-order valence-corrected chi connectivity index (χ0v) is 8.40. The molecular formula is C8H6Cl3. The van der Waals surface area contributed by atoms with Crippen LogP contribution in [0.1, 0.15) is 11.1 Å². The summed E-state index contributed by atoms with van der Waals surface area (Å²) in [5, 5.41) is 1.56. The highest BCUT2D eigenvalue weighted by molar-refractivity contribution is 6.44. The lowest BCUT2D eigenvalue weighted by molar-refractivity contribution is 1.38. The van der Waals surface area contributed by atoms with Crippen molar-refractivity contribution in [1.82, 2.24) is 0 Å². The van der Waals surface area contributed by atoms with E-state index in [1.165, 1.54) is 0 Å². The van der Waals surface area contributed by atoms with E-state index in [-0.39, 0.29) is 0 Å². The first-order chi connectivity index (χ1) is 5.04. The zero-order valence-electron chi connectivity index (χ0n) is 6.13. The van der Waals surface area contributed by atoms with E-state index in [2.05, 4.69) is 6.07 Å². The highest BCUT2D eigenvalue weighted by Gasteiger charge is 2.08. The van der Waals surface area contributed by atoms with Gasteiger partial charge in [0.15, 0.2) is 0 Å². The third kappa shape index (κ3) is 1.64. The van der Waals surface area contributed by atoms with Crippen LogP contribution in [0.3, 0.4) is 0 Å². The molecule has 3 heteroatoms. The quantitative estimate of drug-likeness (QED) is 0.564. The van der Waals surface area contributed by atoms with Gasteiger partial charge in [0.25, 0.3) is 0 Å². The average molecular weight is 208 g/mol. The second-order valence-electron chi connectivity index (χ2n) is 2.32. The number of hydrogen-bond donors (Lipinski definition) is 0. The van der Waals surface area contributed by atoms with Crippen molar-refractivity contribution < 1.29 is 0 Å². The van der Waals surface area contributed by atoms with Gasteiger partial charge in [-0.25, -0.2) is 0 Å². The van der Waals surface area contributed by atoms with Crippen molar-refractivity contribution in [3.63, 3.8) is 0 Å². The van der Waals surface area contributed by atoms with E-state index >= 15 is 0 Å². The Labute approximate surface area is 81.1 Å². The van der Waals surface area contributed by atoms with Crippen LogP contribution in [0.2, 0.25) is 15.1 Å². The molecular weight excluding hydrogens is 202 g/mol. The van der Waals surface area contributed by atoms with E-state index in [9.17, 15) is 0 Å². The van der Waals surface area contributed by atoms with Crippen LogP contribution in [0.5, 0.6) is 0 Å². The summed E-state index contributed by atoms with van der Waals surface area (Å²) in [4.78, 5) is 0. The second kappa shape index (κ2) is 3.22. The van der Waals surface area contributed by atoms with Crippen molar-refractivity contribution in [2.45, 2.75) is 13.8 Å². The molecule has 0 nitrogen and oxygen atoms in total. The molecule has 0 aliphatic rings. The fourth-order valence-electron chi connectivity index (χ4n) is 0.817. The van der Waals surface area contributed by atoms with Gasteiger partial charge in [0.05, 0.1) is 10.0 Å². The summed E-state index contributed by atoms with van der Waals surface area (Å²) in [6.07, 6.45) is 0. The Morgan fingerprint density at radius 1 is 1.00 bits per heavy atom. The Balaban J connectivity index is 3.46. The number of benzene rings is 1. The van der Waals surface area contributed by atoms with E-state index in [4.69, 9.17) is 34.8 Å². The molecule has 1 rings (SSSR count). The van der Waals surface area contributed by atoms with E-state index in [1.807, 2.05) is 13.8 Å². The molecule has 0 fully saturated rings. The molecule has 0 saturated carbocycles. The monoisotopic (exact) mass is 207 g/mol. The van der Waals surface area contributed by atoms with Crippen molar-refractivity contribution in [3.8, 4) is 0 Å². The molecule has 11 heavy (non-hydrogen) atoms. The highest BCUT2D eigenvalue weighted by atomic mass is 35.5. The van der Waals surface area contributed by atoms with Gasteiger partial charge in [-0.05, 0) is 25.0 Å². The Hall–Kier alpha value is 0.0900. The van der Waals surface area contributed by atoms with Gasteiger partial charge in [-0.15, -0.1) is 0 Å². The lowest BCUT2D eigenvalue weighted by Gasteiger charge is -2.05. The molecule has 59 valence electrons. The van der Waals surface area contributed by atoms with Crippen LogP contribution in [-0.2, 0) is 0 Å². The fourth-order valence-corrected chi connectivity index (χ4v) is 1.43. The molecule has 0 bridgehead atoms. The van der Waals surface area contributed by atoms with Crippen LogP contribution >= 0.6 is 34.8 Å². The molecule has 0 aliphatic carbocycles. The van der Waals surface area contributed by atoms with Gasteiger partial charge in [-0.2, -0.15) is 0 Å². The molecule has 0 aromatic heterocycles. The van der Waals surface area contributed by atoms with Gasteiger partial charge in [-0.3, -0.25) is 0 Å². The summed E-state index contributed by atoms with van der Waals surface area (Å²) < 4.78 is 0. The third-order valence-corrected chi connectivity index (χ3v) is 2.90. The first kappa shape index (κ1) is 9.18. The molecule has 0 aliphatic heterocycles. The standard InChI is InChI=1S/C8H6Cl3/c1-4-3-6(9)8(11)5(2)7(4)10/h1-2H3. The fraction of sp³-hybridized carbons (Fsp3) is 0.250. The lowest BCUT2D eigenvalue weighted by atomic mass is 10.1. The SMILES string of the molecule is Cc1[c]c(Cl)c(Cl)c(C)c1Cl. The summed E-state index contributed by atoms with van der Waals surface area (Å²) in [5.41, 5.74) is 1.65. The Morgan fingerprint density at radius 3 is 2.09 bits per heavy atom. The molecule has 0 atom stereocenters. The van der Waals surface area contributed by atoms with Gasteiger partial charge >= 0.3 is 0 Å². The van der Waals surface area contributed by atoms with Crippen molar-refractivity contribution in [2.75, 3.05) is 0 Å². The van der Waals surface area contributed by atoms with Gasteiger partial charge < -0.3 is 0 Å². The summed E-state index contributed by atoms with van der Waals surface area (Å²) >= 11 is 17.4. The van der Waals surface area contributed by atoms with Crippen molar-refractivity contribution in [1.29, 1.82) is 0 Å². The number of halogens is 3. The van der Waals surface area contributed by atoms with Crippen LogP contribution in [0.4, 0.5) is 0 Å². The Kier molecular flexibility index (Phi) is 2.69. The van der Waals surface area contributed by atoms with E-state index < -0.39 is 0 Å². The van der Waals surface area contributed by atoms with Crippen LogP contribution in [0.25, 0.3) is 0 Å². The van der Waals surface area contributed by atoms with Crippen molar-refractivity contribution in [3.05, 3.63) is 32.3 Å². The Bertz CT molecular complexity index is 266. The minimum Gasteiger partial charge on any atom is -0.0837 e. The van der Waals surface area contributed by atoms with E-state index in [0.29, 0.717) is 15.1 Å². The van der Waals surface area contributed by atoms with Crippen LogP contribution in [0, 0.1) is 19.9 Å². The van der Waals surface area contributed by atoms with Crippen LogP contribution in [-0.4, -0.2) is 0 Å². The minimum atomic E-state index is 0.436. The van der Waals surface area contributed by atoms with Gasteiger partial charge in [0.2, 0.25) is 0 Å². The Morgan fingerprint density at radius 2 is 1.55 bits per heavy atom. The first-order valence-electron chi connectivity index (χ1n) is 3.07. The molecule has 0 heterocycles. The third-order valence-electron chi connectivity index (χ3n) is 1.48. The molecule has 0 spiro atoms. The lowest BCUT2D eigenvalue weighted by Crippen LogP contribution is -1.84. The highest BCUT2D eigenvalue weighted by Crippen LogP contribution is 2.32. The maximum atomic E-state index is 5.88. The molecule has 1 radical (unpaired) electrons. The summed E-state index contributed by atoms with van der Waals surface area (Å²) in [6, 6.07) is 2.85. The summed E-state index contributed by atoms with van der Waals surface area (Å²) in [5.74, 6) is 0. The van der Waals surface area contributed by atoms with E-state index in [1.54, 1.807) is 0 Å². The predicted octanol–water partition coefficient (Wildman–Crippen LogP) is 4.06. The molecule has 0 saturated heterocycles. The predicted molar refractivity (Wildman–Crippen MR) is 49.8 cm³/mol. The molecule has 0 amide bonds. The first-order valence-corrected chi connectivity index (χ1v) is 4.20. The van der Waals surface area contributed by atoms with E-state index in [0.717, 1.165) is 11.1 Å². The van der Waals surface area contributed by atoms with Crippen LogP contribution < -0.4 is 0 Å². The topological polar surface area (TPSA) is 0 Å². The smallest absolute Gasteiger partial charge is 0.0677 e. The zero-order chi connectivity index (χ0) is 8.59. The maximum Gasteiger partial charge on any atom is 0.0677 e. The van der Waals surface area contributed by atoms with Gasteiger partial charge in [0, 0.05) is 11.1 Å². The second-order valence-corrected chi connectivity index (χ2v) is 3.45. The summed E-state index contributed by atoms with van der Waals surface area (Å²) in [6.45, 7) is 3.68. The number of aryl methyl sites for hydroxylation is 1. The van der Waals surface area contributed by atoms with Crippen molar-refractivity contribution in [2.24, 2.45) is 0 Å². The number of rotatable bonds is 0. The molecule has 1 aromatic carbocycles. The molecule has 0 N–H and O–H groups in total. The van der Waals surface area contributed by atoms with Crippen molar-refractivity contribution >= 4 is 34.8 Å². The number of hydrogen-bond acceptors (Lipinski definition) is 0.